The van der Waals surface area contributed by atoms with E-state index in [-0.39, 0.29) is 6.42 Å². The molecule has 3 aromatic rings. The summed E-state index contributed by atoms with van der Waals surface area (Å²) in [6.07, 6.45) is -0.0154. The second kappa shape index (κ2) is 8.69. The molecule has 0 radical (unpaired) electrons. The van der Waals surface area contributed by atoms with Gasteiger partial charge < -0.3 is 10.4 Å². The van der Waals surface area contributed by atoms with E-state index in [0.29, 0.717) is 5.56 Å². The smallest absolute Gasteiger partial charge is 0.326 e. The van der Waals surface area contributed by atoms with Gasteiger partial charge in [0.05, 0.1) is 5.41 Å². The summed E-state index contributed by atoms with van der Waals surface area (Å²) in [7, 11) is 0. The fourth-order valence-corrected chi connectivity index (χ4v) is 3.37. The monoisotopic (exact) mass is 391 g/mol. The van der Waals surface area contributed by atoms with E-state index < -0.39 is 29.2 Å². The Bertz CT molecular complexity index is 950. The minimum atomic E-state index is -1.18. The van der Waals surface area contributed by atoms with Crippen molar-refractivity contribution in [3.8, 4) is 0 Å². The first-order valence-electron chi connectivity index (χ1n) is 9.30. The Morgan fingerprint density at radius 2 is 1.48 bits per heavy atom. The van der Waals surface area contributed by atoms with Crippen LogP contribution < -0.4 is 5.32 Å². The summed E-state index contributed by atoms with van der Waals surface area (Å²) in [4.78, 5) is 25.2. The van der Waals surface area contributed by atoms with Crippen LogP contribution in [0.15, 0.2) is 84.9 Å². The van der Waals surface area contributed by atoms with E-state index in [4.69, 9.17) is 0 Å². The molecule has 1 atom stereocenters. The van der Waals surface area contributed by atoms with Crippen LogP contribution in [0, 0.1) is 5.82 Å². The number of carbonyl (C=O) groups excluding carboxylic acids is 1. The lowest BCUT2D eigenvalue weighted by atomic mass is 9.75. The number of benzene rings is 3. The molecule has 0 spiro atoms. The van der Waals surface area contributed by atoms with Crippen LogP contribution in [0.2, 0.25) is 0 Å². The van der Waals surface area contributed by atoms with Crippen LogP contribution in [0.4, 0.5) is 4.39 Å². The van der Waals surface area contributed by atoms with Gasteiger partial charge in [0.1, 0.15) is 11.9 Å². The molecule has 0 saturated heterocycles. The van der Waals surface area contributed by atoms with Crippen molar-refractivity contribution in [1.29, 1.82) is 0 Å². The second-order valence-corrected chi connectivity index (χ2v) is 7.06. The standard InChI is InChI=1S/C24H22FNO3/c1-24(18-10-4-2-5-11-18,19-12-6-3-7-13-19)23(29)26-21(22(27)28)16-17-9-8-14-20(25)15-17/h2-15,21H,16H2,1H3,(H,26,29)(H,27,28)/t21-/m0/s1. The fourth-order valence-electron chi connectivity index (χ4n) is 3.37. The van der Waals surface area contributed by atoms with Gasteiger partial charge in [-0.15, -0.1) is 0 Å². The highest BCUT2D eigenvalue weighted by Crippen LogP contribution is 2.32. The quantitative estimate of drug-likeness (QED) is 0.641. The number of rotatable bonds is 7. The zero-order valence-electron chi connectivity index (χ0n) is 16.0. The Morgan fingerprint density at radius 3 is 1.97 bits per heavy atom. The van der Waals surface area contributed by atoms with Crippen LogP contribution in [0.25, 0.3) is 0 Å². The topological polar surface area (TPSA) is 66.4 Å². The molecule has 0 aliphatic rings. The molecule has 0 unspecified atom stereocenters. The van der Waals surface area contributed by atoms with Gasteiger partial charge in [-0.3, -0.25) is 4.79 Å². The second-order valence-electron chi connectivity index (χ2n) is 7.06. The zero-order valence-corrected chi connectivity index (χ0v) is 16.0. The van der Waals surface area contributed by atoms with Crippen LogP contribution in [-0.4, -0.2) is 23.0 Å². The summed E-state index contributed by atoms with van der Waals surface area (Å²) < 4.78 is 13.5. The van der Waals surface area contributed by atoms with Gasteiger partial charge in [-0.25, -0.2) is 9.18 Å². The van der Waals surface area contributed by atoms with Crippen molar-refractivity contribution in [2.75, 3.05) is 0 Å². The van der Waals surface area contributed by atoms with E-state index >= 15 is 0 Å². The Balaban J connectivity index is 1.94. The maximum atomic E-state index is 13.5. The third-order valence-corrected chi connectivity index (χ3v) is 5.09. The lowest BCUT2D eigenvalue weighted by molar-refractivity contribution is -0.142. The number of amides is 1. The molecular formula is C24H22FNO3. The molecule has 0 aliphatic carbocycles. The highest BCUT2D eigenvalue weighted by Gasteiger charge is 2.38. The van der Waals surface area contributed by atoms with E-state index in [1.54, 1.807) is 13.0 Å². The Labute approximate surface area is 169 Å². The van der Waals surface area contributed by atoms with Crippen molar-refractivity contribution < 1.29 is 19.1 Å². The molecule has 148 valence electrons. The molecule has 5 heteroatoms. The molecular weight excluding hydrogens is 369 g/mol. The molecule has 4 nitrogen and oxygen atoms in total. The first-order chi connectivity index (χ1) is 13.9. The van der Waals surface area contributed by atoms with E-state index in [0.717, 1.165) is 11.1 Å². The number of hydrogen-bond donors (Lipinski definition) is 2. The summed E-state index contributed by atoms with van der Waals surface area (Å²) in [6, 6.07) is 23.0. The van der Waals surface area contributed by atoms with Gasteiger partial charge in [0.2, 0.25) is 5.91 Å². The minimum Gasteiger partial charge on any atom is -0.480 e. The molecule has 1 amide bonds. The number of aliphatic carboxylic acids is 1. The maximum Gasteiger partial charge on any atom is 0.326 e. The van der Waals surface area contributed by atoms with Crippen molar-refractivity contribution in [2.24, 2.45) is 0 Å². The largest absolute Gasteiger partial charge is 0.480 e. The number of hydrogen-bond acceptors (Lipinski definition) is 2. The number of carboxylic acids is 1. The van der Waals surface area contributed by atoms with Crippen molar-refractivity contribution in [2.45, 2.75) is 24.8 Å². The highest BCUT2D eigenvalue weighted by molar-refractivity contribution is 5.94. The predicted octanol–water partition coefficient (Wildman–Crippen LogP) is 3.94. The van der Waals surface area contributed by atoms with Crippen LogP contribution in [0.3, 0.4) is 0 Å². The minimum absolute atomic E-state index is 0.0154. The summed E-state index contributed by atoms with van der Waals surface area (Å²) in [5.41, 5.74) is 0.911. The van der Waals surface area contributed by atoms with Crippen molar-refractivity contribution in [3.05, 3.63) is 107 Å². The number of carbonyl (C=O) groups is 2. The van der Waals surface area contributed by atoms with Crippen LogP contribution in [0.5, 0.6) is 0 Å². The molecule has 2 N–H and O–H groups in total. The number of nitrogens with one attached hydrogen (secondary N) is 1. The summed E-state index contributed by atoms with van der Waals surface area (Å²) >= 11 is 0. The fraction of sp³-hybridized carbons (Fsp3) is 0.167. The Hall–Kier alpha value is -3.47. The van der Waals surface area contributed by atoms with Gasteiger partial charge in [0, 0.05) is 6.42 Å². The third-order valence-electron chi connectivity index (χ3n) is 5.09. The summed E-state index contributed by atoms with van der Waals surface area (Å²) in [5, 5.41) is 12.3. The van der Waals surface area contributed by atoms with E-state index in [2.05, 4.69) is 5.32 Å². The Kier molecular flexibility index (Phi) is 6.07. The predicted molar refractivity (Wildman–Crippen MR) is 109 cm³/mol. The average Bonchev–Trinajstić information content (AvgIpc) is 2.73. The van der Waals surface area contributed by atoms with Gasteiger partial charge in [-0.05, 0) is 35.7 Å². The Morgan fingerprint density at radius 1 is 0.931 bits per heavy atom. The first kappa shape index (κ1) is 20.3. The van der Waals surface area contributed by atoms with Crippen LogP contribution >= 0.6 is 0 Å². The lowest BCUT2D eigenvalue weighted by Crippen LogP contribution is -2.50. The van der Waals surface area contributed by atoms with Gasteiger partial charge in [-0.1, -0.05) is 72.8 Å². The molecule has 29 heavy (non-hydrogen) atoms. The van der Waals surface area contributed by atoms with Crippen LogP contribution in [0.1, 0.15) is 23.6 Å². The molecule has 0 aromatic heterocycles. The molecule has 0 bridgehead atoms. The summed E-state index contributed by atoms with van der Waals surface area (Å²) in [5.74, 6) is -2.05. The molecule has 3 rings (SSSR count). The van der Waals surface area contributed by atoms with Crippen LogP contribution in [-0.2, 0) is 21.4 Å². The zero-order chi connectivity index (χ0) is 20.9. The third kappa shape index (κ3) is 4.51. The lowest BCUT2D eigenvalue weighted by Gasteiger charge is -2.31. The van der Waals surface area contributed by atoms with E-state index in [1.807, 2.05) is 60.7 Å². The van der Waals surface area contributed by atoms with Gasteiger partial charge in [0.25, 0.3) is 0 Å². The molecule has 0 fully saturated rings. The average molecular weight is 391 g/mol. The van der Waals surface area contributed by atoms with Crippen molar-refractivity contribution in [1.82, 2.24) is 5.32 Å². The maximum absolute atomic E-state index is 13.5. The molecule has 0 heterocycles. The highest BCUT2D eigenvalue weighted by atomic mass is 19.1. The van der Waals surface area contributed by atoms with Gasteiger partial charge in [0.15, 0.2) is 0 Å². The normalized spacial score (nSPS) is 12.2. The molecule has 0 aliphatic heterocycles. The van der Waals surface area contributed by atoms with Gasteiger partial charge >= 0.3 is 5.97 Å². The van der Waals surface area contributed by atoms with Crippen molar-refractivity contribution >= 4 is 11.9 Å². The SMILES string of the molecule is CC(C(=O)N[C@@H](Cc1cccc(F)c1)C(=O)O)(c1ccccc1)c1ccccc1. The number of carboxylic acid groups (broad SMARTS) is 1. The van der Waals surface area contributed by atoms with Crippen molar-refractivity contribution in [3.63, 3.8) is 0 Å². The molecule has 3 aromatic carbocycles. The number of halogens is 1. The summed E-state index contributed by atoms with van der Waals surface area (Å²) in [6.45, 7) is 1.77. The first-order valence-corrected chi connectivity index (χ1v) is 9.30. The van der Waals surface area contributed by atoms with E-state index in [1.165, 1.54) is 18.2 Å². The van der Waals surface area contributed by atoms with Gasteiger partial charge in [-0.2, -0.15) is 0 Å². The molecule has 0 saturated carbocycles. The van der Waals surface area contributed by atoms with E-state index in [9.17, 15) is 19.1 Å².